The van der Waals surface area contributed by atoms with Crippen molar-refractivity contribution in [2.24, 2.45) is 5.73 Å². The van der Waals surface area contributed by atoms with Crippen molar-refractivity contribution in [2.75, 3.05) is 125 Å². The van der Waals surface area contributed by atoms with Crippen LogP contribution in [-0.4, -0.2) is 148 Å². The van der Waals surface area contributed by atoms with E-state index < -0.39 is 5.97 Å². The maximum absolute atomic E-state index is 12.0. The number of hydrogen-bond donors (Lipinski definition) is 4. The summed E-state index contributed by atoms with van der Waals surface area (Å²) in [5.41, 5.74) is 5.32. The first-order valence-corrected chi connectivity index (χ1v) is 20.1. The van der Waals surface area contributed by atoms with E-state index in [0.717, 1.165) is 32.1 Å². The van der Waals surface area contributed by atoms with E-state index in [1.165, 1.54) is 57.8 Å². The van der Waals surface area contributed by atoms with E-state index in [4.69, 9.17) is 48.7 Å². The molecule has 0 saturated carbocycles. The Hall–Kier alpha value is -1.95. The van der Waals surface area contributed by atoms with Crippen LogP contribution in [0.15, 0.2) is 0 Å². The number of rotatable bonds is 45. The van der Waals surface area contributed by atoms with E-state index in [2.05, 4.69) is 10.6 Å². The van der Waals surface area contributed by atoms with Crippen LogP contribution in [0.1, 0.15) is 103 Å². The summed E-state index contributed by atoms with van der Waals surface area (Å²) >= 11 is 0. The minimum atomic E-state index is -0.686. The normalized spacial score (nSPS) is 11.3. The van der Waals surface area contributed by atoms with Gasteiger partial charge in [0.2, 0.25) is 11.8 Å². The van der Waals surface area contributed by atoms with Gasteiger partial charge in [0.05, 0.1) is 99.1 Å². The van der Waals surface area contributed by atoms with Crippen molar-refractivity contribution in [1.82, 2.24) is 10.6 Å². The Labute approximate surface area is 319 Å². The molecule has 15 nitrogen and oxygen atoms in total. The smallest absolute Gasteiger partial charge is 0.303 e. The average Bonchev–Trinajstić information content (AvgIpc) is 3.14. The highest BCUT2D eigenvalue weighted by Gasteiger charge is 2.03. The summed E-state index contributed by atoms with van der Waals surface area (Å²) in [5.74, 6) is -0.804. The summed E-state index contributed by atoms with van der Waals surface area (Å²) in [7, 11) is 0. The summed E-state index contributed by atoms with van der Waals surface area (Å²) in [6, 6.07) is 0. The number of carboxylic acids is 1. The molecule has 0 rings (SSSR count). The van der Waals surface area contributed by atoms with Crippen molar-refractivity contribution in [3.63, 3.8) is 0 Å². The van der Waals surface area contributed by atoms with Crippen LogP contribution < -0.4 is 16.4 Å². The van der Waals surface area contributed by atoms with Crippen LogP contribution in [0, 0.1) is 0 Å². The minimum absolute atomic E-state index is 0.0244. The Morgan fingerprint density at radius 3 is 1.06 bits per heavy atom. The summed E-state index contributed by atoms with van der Waals surface area (Å²) in [4.78, 5) is 34.2. The topological polar surface area (TPSA) is 195 Å². The van der Waals surface area contributed by atoms with Gasteiger partial charge in [-0.3, -0.25) is 14.4 Å². The highest BCUT2D eigenvalue weighted by molar-refractivity contribution is 5.77. The fourth-order valence-electron chi connectivity index (χ4n) is 5.02. The third kappa shape index (κ3) is 46.1. The lowest BCUT2D eigenvalue weighted by Gasteiger charge is -2.09. The standard InChI is InChI=1S/C38H75N3O12/c39-17-20-46-23-26-52-33-34-53-35-37(43)41-19-22-48-25-28-50-30-32-51-31-29-49-27-24-47-21-18-40-36(42)15-13-11-9-7-5-3-1-2-4-6-8-10-12-14-16-38(44)45/h1-35,39H2,(H,40,42)(H,41,43)(H,44,45). The van der Waals surface area contributed by atoms with E-state index in [1.54, 1.807) is 0 Å². The number of ether oxygens (including phenoxy) is 8. The van der Waals surface area contributed by atoms with Gasteiger partial charge in [-0.25, -0.2) is 0 Å². The second-order valence-electron chi connectivity index (χ2n) is 12.7. The van der Waals surface area contributed by atoms with Crippen LogP contribution in [0.4, 0.5) is 0 Å². The summed E-state index contributed by atoms with van der Waals surface area (Å²) in [5, 5.41) is 14.3. The van der Waals surface area contributed by atoms with Gasteiger partial charge >= 0.3 is 5.97 Å². The zero-order valence-corrected chi connectivity index (χ0v) is 32.8. The molecule has 0 aliphatic carbocycles. The largest absolute Gasteiger partial charge is 0.481 e. The monoisotopic (exact) mass is 766 g/mol. The second kappa shape index (κ2) is 44.4. The fourth-order valence-corrected chi connectivity index (χ4v) is 5.02. The van der Waals surface area contributed by atoms with E-state index in [0.29, 0.717) is 132 Å². The third-order valence-electron chi connectivity index (χ3n) is 7.91. The van der Waals surface area contributed by atoms with Gasteiger partial charge in [0.15, 0.2) is 0 Å². The van der Waals surface area contributed by atoms with Crippen molar-refractivity contribution in [3.8, 4) is 0 Å². The van der Waals surface area contributed by atoms with Gasteiger partial charge in [-0.1, -0.05) is 77.0 Å². The molecule has 53 heavy (non-hydrogen) atoms. The Kier molecular flexibility index (Phi) is 42.8. The molecule has 0 aromatic carbocycles. The SMILES string of the molecule is NCCOCCOCCOCC(=O)NCCOCCOCCOCCOCCOCCNC(=O)CCCCCCCCCCCCCCCCC(=O)O. The first-order chi connectivity index (χ1) is 26.1. The molecule has 314 valence electrons. The molecular weight excluding hydrogens is 690 g/mol. The molecule has 0 heterocycles. The van der Waals surface area contributed by atoms with Crippen molar-refractivity contribution < 1.29 is 57.4 Å². The van der Waals surface area contributed by atoms with E-state index in [9.17, 15) is 14.4 Å². The first kappa shape index (κ1) is 51.0. The number of nitrogens with two attached hydrogens (primary N) is 1. The van der Waals surface area contributed by atoms with Gasteiger partial charge in [0.1, 0.15) is 6.61 Å². The van der Waals surface area contributed by atoms with E-state index >= 15 is 0 Å². The predicted octanol–water partition coefficient (Wildman–Crippen LogP) is 3.64. The quantitative estimate of drug-likeness (QED) is 0.0657. The zero-order chi connectivity index (χ0) is 38.6. The third-order valence-corrected chi connectivity index (χ3v) is 7.91. The van der Waals surface area contributed by atoms with Gasteiger partial charge in [0, 0.05) is 32.5 Å². The van der Waals surface area contributed by atoms with Crippen molar-refractivity contribution >= 4 is 17.8 Å². The molecule has 0 bridgehead atoms. The molecule has 2 amide bonds. The second-order valence-corrected chi connectivity index (χ2v) is 12.7. The van der Waals surface area contributed by atoms with Gasteiger partial charge in [0.25, 0.3) is 0 Å². The maximum atomic E-state index is 12.0. The number of carbonyl (C=O) groups is 3. The van der Waals surface area contributed by atoms with Crippen LogP contribution in [-0.2, 0) is 52.3 Å². The van der Waals surface area contributed by atoms with Crippen LogP contribution in [0.5, 0.6) is 0 Å². The number of amides is 2. The number of carboxylic acid groups (broad SMARTS) is 1. The molecule has 0 atom stereocenters. The average molecular weight is 766 g/mol. The summed E-state index contributed by atoms with van der Waals surface area (Å²) in [6.45, 7) is 8.10. The van der Waals surface area contributed by atoms with Crippen molar-refractivity contribution in [2.45, 2.75) is 103 Å². The molecule has 5 N–H and O–H groups in total. The van der Waals surface area contributed by atoms with E-state index in [1.807, 2.05) is 0 Å². The number of carbonyl (C=O) groups excluding carboxylic acids is 2. The number of aliphatic carboxylic acids is 1. The summed E-state index contributed by atoms with van der Waals surface area (Å²) in [6.07, 6.45) is 17.3. The van der Waals surface area contributed by atoms with Gasteiger partial charge in [-0.05, 0) is 12.8 Å². The highest BCUT2D eigenvalue weighted by Crippen LogP contribution is 2.13. The van der Waals surface area contributed by atoms with Gasteiger partial charge in [-0.2, -0.15) is 0 Å². The van der Waals surface area contributed by atoms with Crippen molar-refractivity contribution in [1.29, 1.82) is 0 Å². The Balaban J connectivity index is 3.20. The molecule has 0 spiro atoms. The minimum Gasteiger partial charge on any atom is -0.481 e. The van der Waals surface area contributed by atoms with Gasteiger partial charge in [-0.15, -0.1) is 0 Å². The predicted molar refractivity (Wildman–Crippen MR) is 203 cm³/mol. The number of unbranched alkanes of at least 4 members (excludes halogenated alkanes) is 13. The highest BCUT2D eigenvalue weighted by atomic mass is 16.6. The molecule has 0 aromatic rings. The number of hydrogen-bond acceptors (Lipinski definition) is 12. The molecule has 0 aliphatic rings. The molecule has 0 fully saturated rings. The Morgan fingerprint density at radius 2 is 0.679 bits per heavy atom. The molecule has 0 saturated heterocycles. The lowest BCUT2D eigenvalue weighted by Crippen LogP contribution is -2.31. The maximum Gasteiger partial charge on any atom is 0.303 e. The van der Waals surface area contributed by atoms with Crippen LogP contribution in [0.25, 0.3) is 0 Å². The van der Waals surface area contributed by atoms with E-state index in [-0.39, 0.29) is 18.4 Å². The zero-order valence-electron chi connectivity index (χ0n) is 32.8. The molecule has 15 heteroatoms. The molecule has 0 aromatic heterocycles. The van der Waals surface area contributed by atoms with Crippen LogP contribution in [0.3, 0.4) is 0 Å². The Bertz CT molecular complexity index is 798. The summed E-state index contributed by atoms with van der Waals surface area (Å²) < 4.78 is 43.1. The first-order valence-electron chi connectivity index (χ1n) is 20.1. The molecule has 0 unspecified atom stereocenters. The lowest BCUT2D eigenvalue weighted by atomic mass is 10.0. The number of nitrogens with one attached hydrogen (secondary N) is 2. The Morgan fingerprint density at radius 1 is 0.377 bits per heavy atom. The molecule has 0 radical (unpaired) electrons. The van der Waals surface area contributed by atoms with Crippen molar-refractivity contribution in [3.05, 3.63) is 0 Å². The molecule has 0 aliphatic heterocycles. The fraction of sp³-hybridized carbons (Fsp3) is 0.921. The lowest BCUT2D eigenvalue weighted by molar-refractivity contribution is -0.137. The van der Waals surface area contributed by atoms with Crippen LogP contribution >= 0.6 is 0 Å². The van der Waals surface area contributed by atoms with Crippen LogP contribution in [0.2, 0.25) is 0 Å². The van der Waals surface area contributed by atoms with Gasteiger partial charge < -0.3 is 59.4 Å². The molecular formula is C38H75N3O12.